The summed E-state index contributed by atoms with van der Waals surface area (Å²) < 4.78 is 13.2. The van der Waals surface area contributed by atoms with E-state index in [-0.39, 0.29) is 17.7 Å². The lowest BCUT2D eigenvalue weighted by atomic mass is 10.1. The third-order valence-electron chi connectivity index (χ3n) is 7.45. The Morgan fingerprint density at radius 3 is 2.59 bits per heavy atom. The van der Waals surface area contributed by atoms with Crippen molar-refractivity contribution in [1.29, 1.82) is 0 Å². The lowest BCUT2D eigenvalue weighted by Gasteiger charge is -2.39. The highest BCUT2D eigenvalue weighted by Gasteiger charge is 2.34. The first-order valence-corrected chi connectivity index (χ1v) is 13.8. The topological polar surface area (TPSA) is 102 Å². The molecule has 3 aliphatic rings. The number of fused-ring (bicyclic) bond motifs is 2. The maximum atomic E-state index is 14.3. The van der Waals surface area contributed by atoms with E-state index in [1.807, 2.05) is 61.4 Å². The van der Waals surface area contributed by atoms with Gasteiger partial charge in [-0.1, -0.05) is 12.1 Å². The number of rotatable bonds is 4. The third-order valence-corrected chi connectivity index (χ3v) is 7.45. The Labute approximate surface area is 227 Å². The monoisotopic (exact) mass is 532 g/mol. The van der Waals surface area contributed by atoms with Crippen LogP contribution < -0.4 is 20.7 Å². The minimum Gasteiger partial charge on any atom is -0.443 e. The van der Waals surface area contributed by atoms with E-state index in [9.17, 15) is 9.59 Å². The van der Waals surface area contributed by atoms with Crippen molar-refractivity contribution in [2.24, 2.45) is 0 Å². The standard InChI is InChI=1S/C29H36N6O4/c1-18-6-5-7-22-24(18)34(28(37)39-29(2,3)4)13-12-33(22)23-16-19-17-30-27(31-20-8-9-20)32-25(19)35(26(23)36)21-10-14-38-15-11-21/h5-7,16-17,20-21H,8-15H2,1-4H3,(H,30,31,32). The molecule has 10 nitrogen and oxygen atoms in total. The van der Waals surface area contributed by atoms with Gasteiger partial charge >= 0.3 is 6.09 Å². The fourth-order valence-electron chi connectivity index (χ4n) is 5.46. The van der Waals surface area contributed by atoms with Crippen LogP contribution in [-0.4, -0.2) is 58.6 Å². The molecule has 1 saturated carbocycles. The number of hydrogen-bond donors (Lipinski definition) is 1. The molecule has 0 radical (unpaired) electrons. The molecule has 1 aliphatic carbocycles. The fraction of sp³-hybridized carbons (Fsp3) is 0.517. The van der Waals surface area contributed by atoms with Gasteiger partial charge in [-0.2, -0.15) is 4.98 Å². The van der Waals surface area contributed by atoms with Crippen molar-refractivity contribution in [2.45, 2.75) is 71.1 Å². The van der Waals surface area contributed by atoms with E-state index < -0.39 is 5.60 Å². The number of nitrogens with one attached hydrogen (secondary N) is 1. The molecule has 10 heteroatoms. The number of hydrogen-bond acceptors (Lipinski definition) is 8. The Bertz CT molecular complexity index is 1470. The Hall–Kier alpha value is -3.66. The van der Waals surface area contributed by atoms with E-state index in [0.717, 1.165) is 48.0 Å². The molecule has 1 aromatic carbocycles. The number of amides is 1. The van der Waals surface area contributed by atoms with Crippen LogP contribution in [0.4, 0.5) is 27.8 Å². The molecule has 4 heterocycles. The van der Waals surface area contributed by atoms with Crippen LogP contribution in [0.3, 0.4) is 0 Å². The molecule has 1 amide bonds. The van der Waals surface area contributed by atoms with Gasteiger partial charge in [0.2, 0.25) is 5.95 Å². The molecular weight excluding hydrogens is 496 g/mol. The maximum Gasteiger partial charge on any atom is 0.414 e. The van der Waals surface area contributed by atoms with Crippen LogP contribution in [0.25, 0.3) is 11.0 Å². The summed E-state index contributed by atoms with van der Waals surface area (Å²) in [5, 5.41) is 4.17. The summed E-state index contributed by atoms with van der Waals surface area (Å²) in [5.74, 6) is 0.560. The third kappa shape index (κ3) is 5.05. The van der Waals surface area contributed by atoms with Gasteiger partial charge < -0.3 is 19.7 Å². The molecule has 0 bridgehead atoms. The first kappa shape index (κ1) is 25.6. The summed E-state index contributed by atoms with van der Waals surface area (Å²) in [5.41, 5.74) is 2.99. The van der Waals surface area contributed by atoms with E-state index in [1.165, 1.54) is 0 Å². The SMILES string of the molecule is Cc1cccc2c1N(C(=O)OC(C)(C)C)CCN2c1cc2cnc(NC3CC3)nc2n(C2CCOCC2)c1=O. The molecule has 206 valence electrons. The zero-order valence-electron chi connectivity index (χ0n) is 23.1. The molecule has 2 fully saturated rings. The second-order valence-corrected chi connectivity index (χ2v) is 11.7. The number of pyridine rings is 1. The maximum absolute atomic E-state index is 14.3. The Morgan fingerprint density at radius 1 is 1.10 bits per heavy atom. The Balaban J connectivity index is 1.47. The fourth-order valence-corrected chi connectivity index (χ4v) is 5.46. The van der Waals surface area contributed by atoms with Gasteiger partial charge in [-0.25, -0.2) is 9.78 Å². The summed E-state index contributed by atoms with van der Waals surface area (Å²) in [6.45, 7) is 9.62. The molecule has 1 N–H and O–H groups in total. The number of anilines is 4. The number of benzene rings is 1. The smallest absolute Gasteiger partial charge is 0.414 e. The van der Waals surface area contributed by atoms with E-state index in [2.05, 4.69) is 10.3 Å². The van der Waals surface area contributed by atoms with Crippen LogP contribution in [0, 0.1) is 6.92 Å². The number of aryl methyl sites for hydroxylation is 1. The summed E-state index contributed by atoms with van der Waals surface area (Å²) in [6, 6.07) is 8.17. The normalized spacial score (nSPS) is 18.3. The predicted octanol–water partition coefficient (Wildman–Crippen LogP) is 4.92. The highest BCUT2D eigenvalue weighted by molar-refractivity contribution is 5.97. The number of carbonyl (C=O) groups is 1. The summed E-state index contributed by atoms with van der Waals surface area (Å²) >= 11 is 0. The highest BCUT2D eigenvalue weighted by Crippen LogP contribution is 2.40. The number of para-hydroxylation sites is 1. The largest absolute Gasteiger partial charge is 0.443 e. The molecule has 2 aromatic heterocycles. The van der Waals surface area contributed by atoms with E-state index in [0.29, 0.717) is 49.6 Å². The zero-order chi connectivity index (χ0) is 27.3. The minimum atomic E-state index is -0.611. The van der Waals surface area contributed by atoms with Crippen LogP contribution in [0.2, 0.25) is 0 Å². The minimum absolute atomic E-state index is 0.0163. The first-order valence-electron chi connectivity index (χ1n) is 13.8. The van der Waals surface area contributed by atoms with Gasteiger partial charge in [0.05, 0.1) is 11.4 Å². The number of carbonyl (C=O) groups excluding carboxylic acids is 1. The molecule has 6 rings (SSSR count). The average molecular weight is 533 g/mol. The van der Waals surface area contributed by atoms with Crippen molar-refractivity contribution >= 4 is 40.1 Å². The lowest BCUT2D eigenvalue weighted by molar-refractivity contribution is 0.0580. The van der Waals surface area contributed by atoms with Gasteiger partial charge in [-0.05, 0) is 71.1 Å². The van der Waals surface area contributed by atoms with Crippen LogP contribution >= 0.6 is 0 Å². The van der Waals surface area contributed by atoms with Gasteiger partial charge in [0.25, 0.3) is 5.56 Å². The van der Waals surface area contributed by atoms with E-state index >= 15 is 0 Å². The predicted molar refractivity (Wildman–Crippen MR) is 151 cm³/mol. The Kier molecular flexibility index (Phi) is 6.45. The molecule has 2 aliphatic heterocycles. The summed E-state index contributed by atoms with van der Waals surface area (Å²) in [6.07, 6.45) is 5.13. The lowest BCUT2D eigenvalue weighted by Crippen LogP contribution is -2.46. The molecule has 3 aromatic rings. The second-order valence-electron chi connectivity index (χ2n) is 11.7. The quantitative estimate of drug-likeness (QED) is 0.505. The van der Waals surface area contributed by atoms with Gasteiger partial charge in [-0.3, -0.25) is 14.3 Å². The molecule has 39 heavy (non-hydrogen) atoms. The first-order chi connectivity index (χ1) is 18.7. The van der Waals surface area contributed by atoms with Gasteiger partial charge in [0, 0.05) is 50.0 Å². The summed E-state index contributed by atoms with van der Waals surface area (Å²) in [7, 11) is 0. The van der Waals surface area contributed by atoms with Crippen molar-refractivity contribution in [1.82, 2.24) is 14.5 Å². The molecule has 0 spiro atoms. The Morgan fingerprint density at radius 2 is 1.87 bits per heavy atom. The second kappa shape index (κ2) is 9.82. The van der Waals surface area contributed by atoms with Gasteiger partial charge in [0.1, 0.15) is 16.9 Å². The van der Waals surface area contributed by atoms with Crippen molar-refractivity contribution in [2.75, 3.05) is 41.4 Å². The molecule has 0 atom stereocenters. The van der Waals surface area contributed by atoms with Crippen LogP contribution in [0.1, 0.15) is 58.1 Å². The van der Waals surface area contributed by atoms with E-state index in [4.69, 9.17) is 14.5 Å². The van der Waals surface area contributed by atoms with E-state index in [1.54, 1.807) is 11.1 Å². The van der Waals surface area contributed by atoms with Gasteiger partial charge in [-0.15, -0.1) is 0 Å². The highest BCUT2D eigenvalue weighted by atomic mass is 16.6. The van der Waals surface area contributed by atoms with Crippen LogP contribution in [0.15, 0.2) is 35.3 Å². The number of ether oxygens (including phenoxy) is 2. The van der Waals surface area contributed by atoms with Crippen molar-refractivity contribution < 1.29 is 14.3 Å². The number of nitrogens with zero attached hydrogens (tertiary/aromatic N) is 5. The zero-order valence-corrected chi connectivity index (χ0v) is 23.1. The summed E-state index contributed by atoms with van der Waals surface area (Å²) in [4.78, 5) is 40.6. The average Bonchev–Trinajstić information content (AvgIpc) is 3.72. The molecule has 0 unspecified atom stereocenters. The number of aromatic nitrogens is 3. The van der Waals surface area contributed by atoms with Crippen molar-refractivity contribution in [3.8, 4) is 0 Å². The van der Waals surface area contributed by atoms with Gasteiger partial charge in [0.15, 0.2) is 0 Å². The molecular formula is C29H36N6O4. The van der Waals surface area contributed by atoms with Crippen LogP contribution in [-0.2, 0) is 9.47 Å². The van der Waals surface area contributed by atoms with Crippen LogP contribution in [0.5, 0.6) is 0 Å². The van der Waals surface area contributed by atoms with Crippen molar-refractivity contribution in [3.63, 3.8) is 0 Å². The molecule has 1 saturated heterocycles. The van der Waals surface area contributed by atoms with Crippen molar-refractivity contribution in [3.05, 3.63) is 46.4 Å².